The predicted octanol–water partition coefficient (Wildman–Crippen LogP) is 6.06. The van der Waals surface area contributed by atoms with Crippen LogP contribution in [0.5, 0.6) is 0 Å². The highest BCUT2D eigenvalue weighted by Crippen LogP contribution is 2.33. The van der Waals surface area contributed by atoms with Gasteiger partial charge < -0.3 is 10.2 Å². The van der Waals surface area contributed by atoms with Gasteiger partial charge in [-0.15, -0.1) is 0 Å². The summed E-state index contributed by atoms with van der Waals surface area (Å²) >= 11 is 0. The molecule has 2 aromatic carbocycles. The second kappa shape index (κ2) is 8.26. The summed E-state index contributed by atoms with van der Waals surface area (Å²) in [5, 5.41) is 3.25. The lowest BCUT2D eigenvalue weighted by Gasteiger charge is -2.18. The Balaban J connectivity index is 1.55. The van der Waals surface area contributed by atoms with Crippen molar-refractivity contribution in [3.8, 4) is 11.1 Å². The molecular weight excluding hydrogens is 422 g/mol. The van der Waals surface area contributed by atoms with Crippen molar-refractivity contribution in [2.45, 2.75) is 32.6 Å². The molecule has 0 fully saturated rings. The molecule has 3 aromatic rings. The second-order valence-electron chi connectivity index (χ2n) is 7.69. The number of anilines is 1. The highest BCUT2D eigenvalue weighted by atomic mass is 19.4. The third-order valence-corrected chi connectivity index (χ3v) is 5.67. The number of pyridine rings is 1. The van der Waals surface area contributed by atoms with E-state index in [0.717, 1.165) is 17.7 Å². The fourth-order valence-corrected chi connectivity index (χ4v) is 3.83. The molecule has 166 valence electrons. The van der Waals surface area contributed by atoms with Crippen LogP contribution < -0.4 is 5.32 Å². The molecule has 0 radical (unpaired) electrons. The van der Waals surface area contributed by atoms with Gasteiger partial charge in [0.05, 0.1) is 18.2 Å². The molecule has 8 heteroatoms. The van der Waals surface area contributed by atoms with Gasteiger partial charge in [0.2, 0.25) is 0 Å². The molecule has 4 rings (SSSR count). The number of nitrogens with zero attached hydrogens (tertiary/aromatic N) is 2. The van der Waals surface area contributed by atoms with Gasteiger partial charge in [0.25, 0.3) is 5.91 Å². The molecule has 0 spiro atoms. The van der Waals surface area contributed by atoms with Gasteiger partial charge in [-0.1, -0.05) is 24.3 Å². The van der Waals surface area contributed by atoms with E-state index in [1.807, 2.05) is 13.8 Å². The molecule has 32 heavy (non-hydrogen) atoms. The normalized spacial score (nSPS) is 14.4. The molecular formula is C24H21F4N3O. The summed E-state index contributed by atoms with van der Waals surface area (Å²) in [5.74, 6) is 0.00793. The number of halogens is 4. The summed E-state index contributed by atoms with van der Waals surface area (Å²) in [5.41, 5.74) is 1.88. The van der Waals surface area contributed by atoms with Crippen LogP contribution in [0.25, 0.3) is 11.1 Å². The Bertz CT molecular complexity index is 1160. The van der Waals surface area contributed by atoms with Gasteiger partial charge >= 0.3 is 6.18 Å². The van der Waals surface area contributed by atoms with Crippen LogP contribution in [0, 0.1) is 5.82 Å². The number of hydrogen-bond donors (Lipinski definition) is 1. The van der Waals surface area contributed by atoms with Crippen LogP contribution in [0.3, 0.4) is 0 Å². The summed E-state index contributed by atoms with van der Waals surface area (Å²) in [6.07, 6.45) is -2.87. The minimum absolute atomic E-state index is 0.0347. The number of aromatic nitrogens is 1. The van der Waals surface area contributed by atoms with Crippen molar-refractivity contribution in [1.29, 1.82) is 0 Å². The first-order valence-corrected chi connectivity index (χ1v) is 10.2. The molecule has 0 aliphatic carbocycles. The summed E-state index contributed by atoms with van der Waals surface area (Å²) in [6.45, 7) is 4.82. The van der Waals surface area contributed by atoms with E-state index < -0.39 is 17.6 Å². The number of fused-ring (bicyclic) bond motifs is 1. The summed E-state index contributed by atoms with van der Waals surface area (Å²) in [7, 11) is 0. The number of hydrogen-bond acceptors (Lipinski definition) is 3. The lowest BCUT2D eigenvalue weighted by molar-refractivity contribution is -0.137. The fraction of sp³-hybridized carbons (Fsp3) is 0.250. The molecule has 4 nitrogen and oxygen atoms in total. The highest BCUT2D eigenvalue weighted by molar-refractivity contribution is 5.99. The van der Waals surface area contributed by atoms with Gasteiger partial charge in [-0.3, -0.25) is 4.79 Å². The van der Waals surface area contributed by atoms with Crippen LogP contribution in [-0.2, 0) is 12.7 Å². The smallest absolute Gasteiger partial charge is 0.363 e. The van der Waals surface area contributed by atoms with Crippen molar-refractivity contribution in [3.63, 3.8) is 0 Å². The van der Waals surface area contributed by atoms with Crippen LogP contribution in [0.4, 0.5) is 23.4 Å². The van der Waals surface area contributed by atoms with Crippen LogP contribution in [-0.4, -0.2) is 22.3 Å². The number of alkyl halides is 3. The lowest BCUT2D eigenvalue weighted by atomic mass is 9.99. The summed E-state index contributed by atoms with van der Waals surface area (Å²) < 4.78 is 53.1. The van der Waals surface area contributed by atoms with Crippen molar-refractivity contribution < 1.29 is 22.4 Å². The van der Waals surface area contributed by atoms with E-state index in [-0.39, 0.29) is 17.5 Å². The van der Waals surface area contributed by atoms with Gasteiger partial charge in [-0.25, -0.2) is 9.37 Å². The summed E-state index contributed by atoms with van der Waals surface area (Å²) in [4.78, 5) is 18.5. The lowest BCUT2D eigenvalue weighted by Crippen LogP contribution is -2.22. The SMILES string of the molecule is CCN1Cc2c(ccnc2N[C@@H](C)c2ccc(-c3ccc(C(F)(F)F)cc3)c(F)c2)C1=O. The number of amides is 1. The maximum absolute atomic E-state index is 14.8. The van der Waals surface area contributed by atoms with E-state index in [2.05, 4.69) is 10.3 Å². The standard InChI is InChI=1S/C24H21F4N3O/c1-3-31-13-20-19(23(31)32)10-11-29-22(20)30-14(2)16-6-9-18(21(25)12-16)15-4-7-17(8-5-15)24(26,27)28/h4-12,14H,3,13H2,1-2H3,(H,29,30)/t14-/m0/s1. The third kappa shape index (κ3) is 4.04. The molecule has 2 heterocycles. The van der Waals surface area contributed by atoms with Gasteiger partial charge in [0.15, 0.2) is 0 Å². The number of benzene rings is 2. The Labute approximate surface area is 182 Å². The second-order valence-corrected chi connectivity index (χ2v) is 7.69. The molecule has 0 saturated heterocycles. The molecule has 0 unspecified atom stereocenters. The van der Waals surface area contributed by atoms with Gasteiger partial charge in [0.1, 0.15) is 11.6 Å². The monoisotopic (exact) mass is 443 g/mol. The maximum atomic E-state index is 14.8. The topological polar surface area (TPSA) is 45.2 Å². The van der Waals surface area contributed by atoms with Crippen LogP contribution in [0.2, 0.25) is 0 Å². The quantitative estimate of drug-likeness (QED) is 0.488. The van der Waals surface area contributed by atoms with Crippen LogP contribution in [0.1, 0.15) is 46.9 Å². The van der Waals surface area contributed by atoms with Crippen LogP contribution in [0.15, 0.2) is 54.7 Å². The molecule has 1 amide bonds. The minimum atomic E-state index is -4.44. The van der Waals surface area contributed by atoms with Crippen molar-refractivity contribution in [2.75, 3.05) is 11.9 Å². The van der Waals surface area contributed by atoms with E-state index in [4.69, 9.17) is 0 Å². The van der Waals surface area contributed by atoms with Gasteiger partial charge in [-0.05, 0) is 49.2 Å². The molecule has 0 saturated carbocycles. The predicted molar refractivity (Wildman–Crippen MR) is 114 cm³/mol. The number of nitrogens with one attached hydrogen (secondary N) is 1. The van der Waals surface area contributed by atoms with E-state index in [1.54, 1.807) is 29.3 Å². The Morgan fingerprint density at radius 1 is 1.09 bits per heavy atom. The van der Waals surface area contributed by atoms with Crippen molar-refractivity contribution in [1.82, 2.24) is 9.88 Å². The zero-order valence-corrected chi connectivity index (χ0v) is 17.5. The average molecular weight is 443 g/mol. The molecule has 1 N–H and O–H groups in total. The first-order chi connectivity index (χ1) is 15.2. The third-order valence-electron chi connectivity index (χ3n) is 5.67. The zero-order chi connectivity index (χ0) is 23.0. The largest absolute Gasteiger partial charge is 0.416 e. The van der Waals surface area contributed by atoms with Crippen LogP contribution >= 0.6 is 0 Å². The molecule has 0 bridgehead atoms. The first-order valence-electron chi connectivity index (χ1n) is 10.2. The average Bonchev–Trinajstić information content (AvgIpc) is 3.10. The number of carbonyl (C=O) groups is 1. The molecule has 1 aliphatic rings. The summed E-state index contributed by atoms with van der Waals surface area (Å²) in [6, 6.07) is 10.4. The van der Waals surface area contributed by atoms with E-state index >= 15 is 0 Å². The number of rotatable bonds is 5. The Kier molecular flexibility index (Phi) is 5.62. The molecule has 1 aliphatic heterocycles. The molecule has 1 atom stereocenters. The fourth-order valence-electron chi connectivity index (χ4n) is 3.83. The van der Waals surface area contributed by atoms with Crippen molar-refractivity contribution in [3.05, 3.63) is 82.8 Å². The van der Waals surface area contributed by atoms with Crippen molar-refractivity contribution in [2.24, 2.45) is 0 Å². The van der Waals surface area contributed by atoms with E-state index in [0.29, 0.717) is 35.6 Å². The van der Waals surface area contributed by atoms with Gasteiger partial charge in [0, 0.05) is 29.4 Å². The van der Waals surface area contributed by atoms with E-state index in [9.17, 15) is 22.4 Å². The zero-order valence-electron chi connectivity index (χ0n) is 17.5. The number of carbonyl (C=O) groups excluding carboxylic acids is 1. The van der Waals surface area contributed by atoms with Crippen molar-refractivity contribution >= 4 is 11.7 Å². The highest BCUT2D eigenvalue weighted by Gasteiger charge is 2.30. The molecule has 1 aromatic heterocycles. The van der Waals surface area contributed by atoms with Gasteiger partial charge in [-0.2, -0.15) is 13.2 Å². The van der Waals surface area contributed by atoms with E-state index in [1.165, 1.54) is 18.2 Å². The first kappa shape index (κ1) is 21.8. The Morgan fingerprint density at radius 3 is 2.44 bits per heavy atom. The minimum Gasteiger partial charge on any atom is -0.363 e. The maximum Gasteiger partial charge on any atom is 0.416 e. The Morgan fingerprint density at radius 2 is 1.81 bits per heavy atom. The Hall–Kier alpha value is -3.42.